The molecule has 0 aliphatic carbocycles. The first-order valence-corrected chi connectivity index (χ1v) is 6.52. The number of rotatable bonds is 3. The molecule has 0 amide bonds. The van der Waals surface area contributed by atoms with Gasteiger partial charge in [0.2, 0.25) is 11.7 Å². The first-order valence-electron chi connectivity index (χ1n) is 6.52. The van der Waals surface area contributed by atoms with E-state index in [-0.39, 0.29) is 6.04 Å². The summed E-state index contributed by atoms with van der Waals surface area (Å²) in [5.41, 5.74) is 0. The highest BCUT2D eigenvalue weighted by molar-refractivity contribution is 5.42. The zero-order valence-corrected chi connectivity index (χ0v) is 11.2. The minimum Gasteiger partial charge on any atom is -0.337 e. The zero-order valence-electron chi connectivity index (χ0n) is 11.2. The maximum atomic E-state index is 5.38. The van der Waals surface area contributed by atoms with E-state index >= 15 is 0 Å². The van der Waals surface area contributed by atoms with Crippen LogP contribution in [0.15, 0.2) is 16.9 Å². The summed E-state index contributed by atoms with van der Waals surface area (Å²) < 4.78 is 7.26. The van der Waals surface area contributed by atoms with Crippen LogP contribution in [-0.2, 0) is 7.05 Å². The van der Waals surface area contributed by atoms with Crippen LogP contribution in [0.3, 0.4) is 0 Å². The fourth-order valence-corrected chi connectivity index (χ4v) is 2.30. The zero-order chi connectivity index (χ0) is 13.2. The van der Waals surface area contributed by atoms with Crippen molar-refractivity contribution in [1.29, 1.82) is 0 Å². The van der Waals surface area contributed by atoms with Gasteiger partial charge in [-0.3, -0.25) is 4.90 Å². The van der Waals surface area contributed by atoms with E-state index in [0.29, 0.717) is 11.7 Å². The third-order valence-electron chi connectivity index (χ3n) is 3.52. The monoisotopic (exact) mass is 262 g/mol. The Kier molecular flexibility index (Phi) is 3.31. The minimum absolute atomic E-state index is 0.142. The largest absolute Gasteiger partial charge is 0.337 e. The van der Waals surface area contributed by atoms with E-state index in [0.717, 1.165) is 32.0 Å². The van der Waals surface area contributed by atoms with Crippen molar-refractivity contribution in [3.63, 3.8) is 0 Å². The summed E-state index contributed by atoms with van der Waals surface area (Å²) in [6.07, 6.45) is 3.59. The van der Waals surface area contributed by atoms with E-state index in [1.807, 2.05) is 17.8 Å². The highest BCUT2D eigenvalue weighted by Crippen LogP contribution is 2.21. The van der Waals surface area contributed by atoms with Gasteiger partial charge in [-0.2, -0.15) is 4.98 Å². The molecule has 0 radical (unpaired) electrons. The van der Waals surface area contributed by atoms with Crippen LogP contribution in [0.4, 0.5) is 0 Å². The quantitative estimate of drug-likeness (QED) is 0.865. The number of hydrogen-bond acceptors (Lipinski definition) is 6. The summed E-state index contributed by atoms with van der Waals surface area (Å²) in [4.78, 5) is 11.0. The van der Waals surface area contributed by atoms with Gasteiger partial charge in [0.15, 0.2) is 5.82 Å². The van der Waals surface area contributed by atoms with Crippen molar-refractivity contribution < 1.29 is 4.52 Å². The van der Waals surface area contributed by atoms with Gasteiger partial charge in [-0.15, -0.1) is 0 Å². The molecule has 0 aromatic carbocycles. The van der Waals surface area contributed by atoms with Gasteiger partial charge >= 0.3 is 0 Å². The molecule has 1 N–H and O–H groups in total. The van der Waals surface area contributed by atoms with Crippen LogP contribution in [0.2, 0.25) is 0 Å². The number of aryl methyl sites for hydroxylation is 1. The van der Waals surface area contributed by atoms with E-state index in [1.165, 1.54) is 0 Å². The molecule has 19 heavy (non-hydrogen) atoms. The van der Waals surface area contributed by atoms with E-state index in [2.05, 4.69) is 32.3 Å². The van der Waals surface area contributed by atoms with Crippen LogP contribution >= 0.6 is 0 Å². The van der Waals surface area contributed by atoms with E-state index in [4.69, 9.17) is 4.52 Å². The first kappa shape index (κ1) is 12.3. The summed E-state index contributed by atoms with van der Waals surface area (Å²) in [6, 6.07) is 0.142. The third-order valence-corrected chi connectivity index (χ3v) is 3.52. The molecule has 1 unspecified atom stereocenters. The normalized spacial score (nSPS) is 18.6. The Hall–Kier alpha value is -1.73. The molecule has 0 saturated carbocycles. The van der Waals surface area contributed by atoms with Crippen LogP contribution in [0.5, 0.6) is 0 Å². The SMILES string of the molecule is CC(c1nc(-c2nccn2C)no1)N1CCNCC1. The van der Waals surface area contributed by atoms with Gasteiger partial charge in [-0.05, 0) is 6.92 Å². The van der Waals surface area contributed by atoms with Crippen molar-refractivity contribution in [1.82, 2.24) is 29.9 Å². The predicted molar refractivity (Wildman–Crippen MR) is 69.4 cm³/mol. The van der Waals surface area contributed by atoms with Crippen LogP contribution in [-0.4, -0.2) is 50.8 Å². The number of imidazole rings is 1. The molecule has 7 heteroatoms. The lowest BCUT2D eigenvalue weighted by Gasteiger charge is -2.30. The molecule has 7 nitrogen and oxygen atoms in total. The van der Waals surface area contributed by atoms with Gasteiger partial charge in [-0.1, -0.05) is 5.16 Å². The van der Waals surface area contributed by atoms with Crippen LogP contribution < -0.4 is 5.32 Å². The Labute approximate surface area is 111 Å². The third kappa shape index (κ3) is 2.39. The van der Waals surface area contributed by atoms with Crippen molar-refractivity contribution in [2.24, 2.45) is 7.05 Å². The smallest absolute Gasteiger partial charge is 0.244 e. The van der Waals surface area contributed by atoms with Gasteiger partial charge in [0, 0.05) is 45.6 Å². The highest BCUT2D eigenvalue weighted by Gasteiger charge is 2.23. The fourth-order valence-electron chi connectivity index (χ4n) is 2.30. The molecular weight excluding hydrogens is 244 g/mol. The minimum atomic E-state index is 0.142. The molecule has 1 saturated heterocycles. The second kappa shape index (κ2) is 5.10. The van der Waals surface area contributed by atoms with Gasteiger partial charge < -0.3 is 14.4 Å². The molecular formula is C12H18N6O. The highest BCUT2D eigenvalue weighted by atomic mass is 16.5. The molecule has 1 fully saturated rings. The maximum Gasteiger partial charge on any atom is 0.244 e. The first-order chi connectivity index (χ1) is 9.25. The van der Waals surface area contributed by atoms with E-state index in [1.54, 1.807) is 6.20 Å². The molecule has 102 valence electrons. The van der Waals surface area contributed by atoms with Crippen molar-refractivity contribution in [3.8, 4) is 11.6 Å². The van der Waals surface area contributed by atoms with Gasteiger partial charge in [0.05, 0.1) is 6.04 Å². The number of piperazine rings is 1. The molecule has 1 atom stereocenters. The van der Waals surface area contributed by atoms with E-state index in [9.17, 15) is 0 Å². The molecule has 2 aromatic heterocycles. The Bertz CT molecular complexity index is 542. The van der Waals surface area contributed by atoms with Gasteiger partial charge in [0.1, 0.15) is 0 Å². The second-order valence-corrected chi connectivity index (χ2v) is 4.78. The average molecular weight is 262 g/mol. The lowest BCUT2D eigenvalue weighted by molar-refractivity contribution is 0.154. The second-order valence-electron chi connectivity index (χ2n) is 4.78. The molecule has 3 heterocycles. The number of hydrogen-bond donors (Lipinski definition) is 1. The number of aromatic nitrogens is 4. The lowest BCUT2D eigenvalue weighted by Crippen LogP contribution is -2.44. The molecule has 3 rings (SSSR count). The van der Waals surface area contributed by atoms with Gasteiger partial charge in [-0.25, -0.2) is 4.98 Å². The summed E-state index contributed by atoms with van der Waals surface area (Å²) in [7, 11) is 1.91. The summed E-state index contributed by atoms with van der Waals surface area (Å²) >= 11 is 0. The molecule has 0 spiro atoms. The maximum absolute atomic E-state index is 5.38. The molecule has 0 bridgehead atoms. The van der Waals surface area contributed by atoms with Crippen molar-refractivity contribution in [2.45, 2.75) is 13.0 Å². The van der Waals surface area contributed by atoms with Gasteiger partial charge in [0.25, 0.3) is 0 Å². The van der Waals surface area contributed by atoms with Crippen LogP contribution in [0.1, 0.15) is 18.9 Å². The van der Waals surface area contributed by atoms with Crippen LogP contribution in [0.25, 0.3) is 11.6 Å². The van der Waals surface area contributed by atoms with Crippen molar-refractivity contribution in [3.05, 3.63) is 18.3 Å². The molecule has 1 aliphatic rings. The van der Waals surface area contributed by atoms with Crippen molar-refractivity contribution in [2.75, 3.05) is 26.2 Å². The van der Waals surface area contributed by atoms with Crippen LogP contribution in [0, 0.1) is 0 Å². The Morgan fingerprint density at radius 1 is 1.37 bits per heavy atom. The summed E-state index contributed by atoms with van der Waals surface area (Å²) in [5, 5.41) is 7.36. The number of nitrogens with one attached hydrogen (secondary N) is 1. The Morgan fingerprint density at radius 2 is 2.16 bits per heavy atom. The average Bonchev–Trinajstić information content (AvgIpc) is 3.07. The topological polar surface area (TPSA) is 72.0 Å². The standard InChI is InChI=1S/C12H18N6O/c1-9(18-7-3-13-4-8-18)12-15-10(16-19-12)11-14-5-6-17(11)2/h5-6,9,13H,3-4,7-8H2,1-2H3. The Balaban J connectivity index is 1.79. The molecule has 1 aliphatic heterocycles. The lowest BCUT2D eigenvalue weighted by atomic mass is 10.2. The fraction of sp³-hybridized carbons (Fsp3) is 0.583. The van der Waals surface area contributed by atoms with E-state index < -0.39 is 0 Å². The summed E-state index contributed by atoms with van der Waals surface area (Å²) in [5.74, 6) is 1.92. The summed E-state index contributed by atoms with van der Waals surface area (Å²) in [6.45, 7) is 6.11. The molecule has 2 aromatic rings. The Morgan fingerprint density at radius 3 is 2.84 bits per heavy atom. The van der Waals surface area contributed by atoms with Crippen molar-refractivity contribution >= 4 is 0 Å². The number of nitrogens with zero attached hydrogens (tertiary/aromatic N) is 5. The predicted octanol–water partition coefficient (Wildman–Crippen LogP) is 0.436.